The summed E-state index contributed by atoms with van der Waals surface area (Å²) in [6.45, 7) is 1.06. The minimum absolute atomic E-state index is 0.227. The van der Waals surface area contributed by atoms with Gasteiger partial charge in [0.2, 0.25) is 5.91 Å². The molecule has 1 fully saturated rings. The van der Waals surface area contributed by atoms with Crippen molar-refractivity contribution in [2.75, 3.05) is 18.0 Å². The Morgan fingerprint density at radius 2 is 1.95 bits per heavy atom. The van der Waals surface area contributed by atoms with Gasteiger partial charge in [-0.25, -0.2) is 4.79 Å². The minimum atomic E-state index is -0.362. The van der Waals surface area contributed by atoms with E-state index >= 15 is 0 Å². The van der Waals surface area contributed by atoms with E-state index in [1.165, 1.54) is 5.56 Å². The van der Waals surface area contributed by atoms with E-state index in [4.69, 9.17) is 0 Å². The van der Waals surface area contributed by atoms with Gasteiger partial charge in [-0.1, -0.05) is 31.0 Å². The number of nitrogens with one attached hydrogen (secondary N) is 2. The molecule has 0 atom stereocenters. The molecule has 0 saturated heterocycles. The second-order valence-electron chi connectivity index (χ2n) is 5.80. The lowest BCUT2D eigenvalue weighted by Gasteiger charge is -2.19. The number of anilines is 1. The molecule has 5 heteroatoms. The summed E-state index contributed by atoms with van der Waals surface area (Å²) in [6.07, 6.45) is 5.30. The molecule has 1 aliphatic carbocycles. The Morgan fingerprint density at radius 1 is 1.19 bits per heavy atom. The predicted molar refractivity (Wildman–Crippen MR) is 81.3 cm³/mol. The summed E-state index contributed by atoms with van der Waals surface area (Å²) in [7, 11) is 0. The Bertz CT molecular complexity index is 538. The summed E-state index contributed by atoms with van der Waals surface area (Å²) in [6, 6.07) is 7.96. The zero-order valence-electron chi connectivity index (χ0n) is 12.1. The third-order valence-electron chi connectivity index (χ3n) is 4.26. The Kier molecular flexibility index (Phi) is 4.08. The highest BCUT2D eigenvalue weighted by atomic mass is 16.2. The zero-order valence-corrected chi connectivity index (χ0v) is 12.1. The van der Waals surface area contributed by atoms with Crippen molar-refractivity contribution in [2.45, 2.75) is 38.1 Å². The van der Waals surface area contributed by atoms with Crippen LogP contribution in [0.4, 0.5) is 10.5 Å². The van der Waals surface area contributed by atoms with Crippen molar-refractivity contribution in [3.8, 4) is 0 Å². The third-order valence-corrected chi connectivity index (χ3v) is 4.26. The smallest absolute Gasteiger partial charge is 0.321 e. The summed E-state index contributed by atoms with van der Waals surface area (Å²) in [5.41, 5.74) is 2.37. The van der Waals surface area contributed by atoms with Crippen molar-refractivity contribution in [1.29, 1.82) is 0 Å². The van der Waals surface area contributed by atoms with Gasteiger partial charge in [0.15, 0.2) is 0 Å². The molecule has 0 spiro atoms. The number of urea groups is 1. The van der Waals surface area contributed by atoms with E-state index in [1.807, 2.05) is 23.1 Å². The number of carbonyl (C=O) groups is 2. The molecule has 3 rings (SSSR count). The van der Waals surface area contributed by atoms with E-state index in [-0.39, 0.29) is 24.5 Å². The van der Waals surface area contributed by atoms with Gasteiger partial charge < -0.3 is 10.2 Å². The Labute approximate surface area is 124 Å². The minimum Gasteiger partial charge on any atom is -0.362 e. The largest absolute Gasteiger partial charge is 0.362 e. The molecule has 21 heavy (non-hydrogen) atoms. The molecule has 1 saturated carbocycles. The summed E-state index contributed by atoms with van der Waals surface area (Å²) < 4.78 is 0. The molecule has 1 heterocycles. The lowest BCUT2D eigenvalue weighted by atomic mass is 10.2. The SMILES string of the molecule is O=C(CN1CCc2ccccc21)NC(=O)NC1CCCC1. The highest BCUT2D eigenvalue weighted by Gasteiger charge is 2.22. The lowest BCUT2D eigenvalue weighted by Crippen LogP contribution is -2.46. The fraction of sp³-hybridized carbons (Fsp3) is 0.500. The van der Waals surface area contributed by atoms with Crippen LogP contribution in [0, 0.1) is 0 Å². The van der Waals surface area contributed by atoms with Crippen LogP contribution in [-0.4, -0.2) is 31.1 Å². The maximum Gasteiger partial charge on any atom is 0.321 e. The molecule has 5 nitrogen and oxygen atoms in total. The number of amides is 3. The number of imide groups is 1. The van der Waals surface area contributed by atoms with E-state index < -0.39 is 0 Å². The first-order valence-electron chi connectivity index (χ1n) is 7.65. The summed E-state index contributed by atoms with van der Waals surface area (Å²) in [5.74, 6) is -0.248. The number of fused-ring (bicyclic) bond motifs is 1. The highest BCUT2D eigenvalue weighted by Crippen LogP contribution is 2.26. The molecule has 0 unspecified atom stereocenters. The highest BCUT2D eigenvalue weighted by molar-refractivity contribution is 5.96. The summed E-state index contributed by atoms with van der Waals surface area (Å²) in [4.78, 5) is 25.8. The van der Waals surface area contributed by atoms with Crippen LogP contribution in [0.5, 0.6) is 0 Å². The van der Waals surface area contributed by atoms with Gasteiger partial charge in [-0.2, -0.15) is 0 Å². The van der Waals surface area contributed by atoms with Crippen molar-refractivity contribution in [3.05, 3.63) is 29.8 Å². The van der Waals surface area contributed by atoms with Crippen LogP contribution in [0.15, 0.2) is 24.3 Å². The second kappa shape index (κ2) is 6.16. The molecule has 2 N–H and O–H groups in total. The van der Waals surface area contributed by atoms with Gasteiger partial charge in [0.25, 0.3) is 0 Å². The van der Waals surface area contributed by atoms with Crippen LogP contribution >= 0.6 is 0 Å². The Morgan fingerprint density at radius 3 is 2.76 bits per heavy atom. The maximum atomic E-state index is 12.0. The number of nitrogens with zero attached hydrogens (tertiary/aromatic N) is 1. The topological polar surface area (TPSA) is 61.4 Å². The first kappa shape index (κ1) is 13.9. The number of benzene rings is 1. The van der Waals surface area contributed by atoms with Crippen LogP contribution in [0.1, 0.15) is 31.2 Å². The summed E-state index contributed by atoms with van der Waals surface area (Å²) >= 11 is 0. The number of rotatable bonds is 3. The van der Waals surface area contributed by atoms with Crippen LogP contribution in [0.2, 0.25) is 0 Å². The molecule has 0 bridgehead atoms. The monoisotopic (exact) mass is 287 g/mol. The van der Waals surface area contributed by atoms with Gasteiger partial charge in [0.1, 0.15) is 0 Å². The van der Waals surface area contributed by atoms with Gasteiger partial charge in [-0.05, 0) is 30.9 Å². The third kappa shape index (κ3) is 3.35. The molecule has 0 aromatic heterocycles. The fourth-order valence-electron chi connectivity index (χ4n) is 3.20. The first-order valence-corrected chi connectivity index (χ1v) is 7.65. The number of para-hydroxylation sites is 1. The Balaban J connectivity index is 1.49. The molecule has 2 aliphatic rings. The van der Waals surface area contributed by atoms with Crippen LogP contribution in [-0.2, 0) is 11.2 Å². The van der Waals surface area contributed by atoms with Gasteiger partial charge >= 0.3 is 6.03 Å². The fourth-order valence-corrected chi connectivity index (χ4v) is 3.20. The molecule has 0 radical (unpaired) electrons. The maximum absolute atomic E-state index is 12.0. The zero-order chi connectivity index (χ0) is 14.7. The van der Waals surface area contributed by atoms with Gasteiger partial charge in [-0.15, -0.1) is 0 Å². The standard InChI is InChI=1S/C16H21N3O2/c20-15(18-16(21)17-13-6-2-3-7-13)11-19-10-9-12-5-1-4-8-14(12)19/h1,4-5,8,13H,2-3,6-7,9-11H2,(H2,17,18,20,21). The molecular formula is C16H21N3O2. The van der Waals surface area contributed by atoms with Gasteiger partial charge in [-0.3, -0.25) is 10.1 Å². The van der Waals surface area contributed by atoms with E-state index in [2.05, 4.69) is 16.7 Å². The lowest BCUT2D eigenvalue weighted by molar-refractivity contribution is -0.118. The number of carbonyl (C=O) groups excluding carboxylic acids is 2. The molecular weight excluding hydrogens is 266 g/mol. The molecule has 112 valence electrons. The average molecular weight is 287 g/mol. The molecule has 1 aromatic rings. The van der Waals surface area contributed by atoms with Crippen LogP contribution < -0.4 is 15.5 Å². The number of hydrogen-bond acceptors (Lipinski definition) is 3. The first-order chi connectivity index (χ1) is 10.2. The number of hydrogen-bond donors (Lipinski definition) is 2. The predicted octanol–water partition coefficient (Wildman–Crippen LogP) is 1.82. The van der Waals surface area contributed by atoms with Gasteiger partial charge in [0.05, 0.1) is 6.54 Å². The summed E-state index contributed by atoms with van der Waals surface area (Å²) in [5, 5.41) is 5.30. The average Bonchev–Trinajstić information content (AvgIpc) is 3.09. The second-order valence-corrected chi connectivity index (χ2v) is 5.80. The van der Waals surface area contributed by atoms with Crippen molar-refractivity contribution in [2.24, 2.45) is 0 Å². The van der Waals surface area contributed by atoms with Crippen molar-refractivity contribution in [3.63, 3.8) is 0 Å². The van der Waals surface area contributed by atoms with Crippen LogP contribution in [0.3, 0.4) is 0 Å². The van der Waals surface area contributed by atoms with Crippen LogP contribution in [0.25, 0.3) is 0 Å². The normalized spacial score (nSPS) is 17.6. The molecule has 3 amide bonds. The Hall–Kier alpha value is -2.04. The molecule has 1 aliphatic heterocycles. The van der Waals surface area contributed by atoms with E-state index in [0.29, 0.717) is 0 Å². The van der Waals surface area contributed by atoms with Crippen molar-refractivity contribution >= 4 is 17.6 Å². The molecule has 1 aromatic carbocycles. The van der Waals surface area contributed by atoms with E-state index in [0.717, 1.165) is 44.3 Å². The van der Waals surface area contributed by atoms with E-state index in [1.54, 1.807) is 0 Å². The van der Waals surface area contributed by atoms with E-state index in [9.17, 15) is 9.59 Å². The van der Waals surface area contributed by atoms with Crippen molar-refractivity contribution < 1.29 is 9.59 Å². The quantitative estimate of drug-likeness (QED) is 0.891. The van der Waals surface area contributed by atoms with Crippen molar-refractivity contribution in [1.82, 2.24) is 10.6 Å². The van der Waals surface area contributed by atoms with Gasteiger partial charge in [0, 0.05) is 18.3 Å².